The van der Waals surface area contributed by atoms with Gasteiger partial charge in [-0.05, 0) is 43.2 Å². The van der Waals surface area contributed by atoms with Crippen molar-refractivity contribution in [1.82, 2.24) is 5.32 Å². The molecule has 3 heteroatoms. The predicted octanol–water partition coefficient (Wildman–Crippen LogP) is 3.81. The summed E-state index contributed by atoms with van der Waals surface area (Å²) >= 11 is 2.03. The second-order valence-electron chi connectivity index (χ2n) is 4.81. The average molecular weight is 253 g/mol. The van der Waals surface area contributed by atoms with Gasteiger partial charge in [-0.3, -0.25) is 0 Å². The van der Waals surface area contributed by atoms with Crippen molar-refractivity contribution in [3.8, 4) is 0 Å². The third-order valence-electron chi connectivity index (χ3n) is 3.34. The van der Waals surface area contributed by atoms with E-state index in [-0.39, 0.29) is 0 Å². The van der Waals surface area contributed by atoms with Gasteiger partial charge in [0.15, 0.2) is 0 Å². The molecule has 1 fully saturated rings. The molecule has 0 saturated heterocycles. The van der Waals surface area contributed by atoms with Crippen molar-refractivity contribution in [2.24, 2.45) is 5.92 Å². The van der Waals surface area contributed by atoms with Gasteiger partial charge < -0.3 is 9.73 Å². The Labute approximate surface area is 109 Å². The fourth-order valence-electron chi connectivity index (χ4n) is 2.35. The van der Waals surface area contributed by atoms with Crippen LogP contribution in [0.25, 0.3) is 0 Å². The van der Waals surface area contributed by atoms with Crippen LogP contribution in [0.2, 0.25) is 0 Å². The molecule has 1 heterocycles. The zero-order valence-corrected chi connectivity index (χ0v) is 11.5. The highest BCUT2D eigenvalue weighted by Crippen LogP contribution is 2.29. The highest BCUT2D eigenvalue weighted by Gasteiger charge is 2.14. The average Bonchev–Trinajstić information content (AvgIpc) is 2.98. The van der Waals surface area contributed by atoms with E-state index >= 15 is 0 Å². The third-order valence-corrected chi connectivity index (χ3v) is 4.53. The van der Waals surface area contributed by atoms with E-state index in [1.54, 1.807) is 0 Å². The van der Waals surface area contributed by atoms with Crippen molar-refractivity contribution < 1.29 is 4.42 Å². The van der Waals surface area contributed by atoms with E-state index in [1.165, 1.54) is 31.4 Å². The van der Waals surface area contributed by atoms with Gasteiger partial charge in [0.05, 0.1) is 12.3 Å². The summed E-state index contributed by atoms with van der Waals surface area (Å²) in [6.45, 7) is 3.96. The van der Waals surface area contributed by atoms with E-state index in [2.05, 4.69) is 24.4 Å². The maximum absolute atomic E-state index is 5.77. The lowest BCUT2D eigenvalue weighted by Gasteiger charge is -2.06. The molecule has 0 unspecified atom stereocenters. The number of hydrogen-bond donors (Lipinski definition) is 1. The molecule has 1 aliphatic carbocycles. The molecule has 0 spiro atoms. The molecule has 0 radical (unpaired) electrons. The number of furan rings is 1. The summed E-state index contributed by atoms with van der Waals surface area (Å²) in [5, 5.41) is 3.28. The van der Waals surface area contributed by atoms with Crippen LogP contribution in [0.5, 0.6) is 0 Å². The Morgan fingerprint density at radius 2 is 2.06 bits per heavy atom. The molecule has 96 valence electrons. The van der Waals surface area contributed by atoms with Crippen LogP contribution in [0, 0.1) is 5.92 Å². The molecular weight excluding hydrogens is 230 g/mol. The first kappa shape index (κ1) is 13.0. The fourth-order valence-corrected chi connectivity index (χ4v) is 3.49. The second-order valence-corrected chi connectivity index (χ2v) is 5.84. The SMILES string of the molecule is CCNCc1ccc(CSCC2CCCC2)o1. The maximum atomic E-state index is 5.77. The van der Waals surface area contributed by atoms with Crippen LogP contribution < -0.4 is 5.32 Å². The molecule has 2 rings (SSSR count). The van der Waals surface area contributed by atoms with Crippen molar-refractivity contribution in [3.63, 3.8) is 0 Å². The monoisotopic (exact) mass is 253 g/mol. The standard InChI is InChI=1S/C14H23NOS/c1-2-15-9-13-7-8-14(16-13)11-17-10-12-5-3-4-6-12/h7-8,12,15H,2-6,9-11H2,1H3. The van der Waals surface area contributed by atoms with Crippen LogP contribution in [0.15, 0.2) is 16.5 Å². The molecule has 0 atom stereocenters. The van der Waals surface area contributed by atoms with E-state index in [4.69, 9.17) is 4.42 Å². The summed E-state index contributed by atoms with van der Waals surface area (Å²) in [6.07, 6.45) is 5.77. The number of thioether (sulfide) groups is 1. The number of nitrogens with one attached hydrogen (secondary N) is 1. The Balaban J connectivity index is 1.65. The Bertz CT molecular complexity index is 318. The van der Waals surface area contributed by atoms with Crippen LogP contribution in [0.3, 0.4) is 0 Å². The van der Waals surface area contributed by atoms with Gasteiger partial charge in [-0.2, -0.15) is 11.8 Å². The molecule has 1 saturated carbocycles. The van der Waals surface area contributed by atoms with E-state index in [0.29, 0.717) is 0 Å². The topological polar surface area (TPSA) is 25.2 Å². The summed E-state index contributed by atoms with van der Waals surface area (Å²) in [7, 11) is 0. The Hall–Kier alpha value is -0.410. The van der Waals surface area contributed by atoms with Gasteiger partial charge in [-0.1, -0.05) is 19.8 Å². The van der Waals surface area contributed by atoms with Crippen LogP contribution in [-0.4, -0.2) is 12.3 Å². The minimum atomic E-state index is 0.851. The van der Waals surface area contributed by atoms with Gasteiger partial charge in [0.2, 0.25) is 0 Å². The molecule has 1 aromatic rings. The van der Waals surface area contributed by atoms with Gasteiger partial charge in [0.25, 0.3) is 0 Å². The summed E-state index contributed by atoms with van der Waals surface area (Å²) in [6, 6.07) is 4.21. The minimum absolute atomic E-state index is 0.851. The smallest absolute Gasteiger partial charge is 0.117 e. The lowest BCUT2D eigenvalue weighted by molar-refractivity contribution is 0.462. The molecular formula is C14H23NOS. The van der Waals surface area contributed by atoms with Crippen molar-refractivity contribution in [3.05, 3.63) is 23.7 Å². The first-order valence-electron chi connectivity index (χ1n) is 6.74. The first-order chi connectivity index (χ1) is 8.38. The Kier molecular flexibility index (Phi) is 5.46. The zero-order valence-electron chi connectivity index (χ0n) is 10.7. The quantitative estimate of drug-likeness (QED) is 0.800. The zero-order chi connectivity index (χ0) is 11.9. The summed E-state index contributed by atoms with van der Waals surface area (Å²) < 4.78 is 5.77. The maximum Gasteiger partial charge on any atom is 0.117 e. The summed E-state index contributed by atoms with van der Waals surface area (Å²) in [4.78, 5) is 0. The second kappa shape index (κ2) is 7.12. The normalized spacial score (nSPS) is 16.8. The summed E-state index contributed by atoms with van der Waals surface area (Å²) in [5.74, 6) is 5.49. The van der Waals surface area contributed by atoms with Crippen molar-refractivity contribution in [1.29, 1.82) is 0 Å². The van der Waals surface area contributed by atoms with Crippen LogP contribution in [-0.2, 0) is 12.3 Å². The highest BCUT2D eigenvalue weighted by atomic mass is 32.2. The lowest BCUT2D eigenvalue weighted by atomic mass is 10.1. The van der Waals surface area contributed by atoms with Gasteiger partial charge in [0.1, 0.15) is 11.5 Å². The third kappa shape index (κ3) is 4.40. The van der Waals surface area contributed by atoms with Crippen LogP contribution in [0.4, 0.5) is 0 Å². The molecule has 0 amide bonds. The van der Waals surface area contributed by atoms with Crippen LogP contribution >= 0.6 is 11.8 Å². The number of rotatable bonds is 7. The molecule has 1 aliphatic rings. The van der Waals surface area contributed by atoms with E-state index in [9.17, 15) is 0 Å². The summed E-state index contributed by atoms with van der Waals surface area (Å²) in [5.41, 5.74) is 0. The van der Waals surface area contributed by atoms with Crippen molar-refractivity contribution in [2.45, 2.75) is 44.9 Å². The molecule has 0 aromatic carbocycles. The van der Waals surface area contributed by atoms with Crippen molar-refractivity contribution >= 4 is 11.8 Å². The van der Waals surface area contributed by atoms with Gasteiger partial charge >= 0.3 is 0 Å². The van der Waals surface area contributed by atoms with Gasteiger partial charge in [-0.15, -0.1) is 0 Å². The molecule has 0 bridgehead atoms. The first-order valence-corrected chi connectivity index (χ1v) is 7.90. The Morgan fingerprint density at radius 3 is 2.82 bits per heavy atom. The van der Waals surface area contributed by atoms with Gasteiger partial charge in [0, 0.05) is 0 Å². The van der Waals surface area contributed by atoms with Gasteiger partial charge in [-0.25, -0.2) is 0 Å². The van der Waals surface area contributed by atoms with E-state index < -0.39 is 0 Å². The van der Waals surface area contributed by atoms with Crippen LogP contribution in [0.1, 0.15) is 44.1 Å². The fraction of sp³-hybridized carbons (Fsp3) is 0.714. The minimum Gasteiger partial charge on any atom is -0.464 e. The van der Waals surface area contributed by atoms with Crippen molar-refractivity contribution in [2.75, 3.05) is 12.3 Å². The van der Waals surface area contributed by atoms with E-state index in [0.717, 1.165) is 36.3 Å². The molecule has 0 aliphatic heterocycles. The van der Waals surface area contributed by atoms with E-state index in [1.807, 2.05) is 11.8 Å². The Morgan fingerprint density at radius 1 is 1.29 bits per heavy atom. The largest absolute Gasteiger partial charge is 0.464 e. The lowest BCUT2D eigenvalue weighted by Crippen LogP contribution is -2.10. The molecule has 2 nitrogen and oxygen atoms in total. The number of hydrogen-bond acceptors (Lipinski definition) is 3. The molecule has 1 N–H and O–H groups in total. The predicted molar refractivity (Wildman–Crippen MR) is 74.2 cm³/mol. The highest BCUT2D eigenvalue weighted by molar-refractivity contribution is 7.98. The molecule has 17 heavy (non-hydrogen) atoms. The molecule has 1 aromatic heterocycles.